The number of carboxylic acids is 2. The van der Waals surface area contributed by atoms with Gasteiger partial charge < -0.3 is 14.9 Å². The third-order valence-electron chi connectivity index (χ3n) is 1.94. The molecule has 7 nitrogen and oxygen atoms in total. The van der Waals surface area contributed by atoms with Crippen LogP contribution in [0.2, 0.25) is 0 Å². The number of benzene rings is 1. The lowest BCUT2D eigenvalue weighted by molar-refractivity contribution is -0.150. The zero-order valence-corrected chi connectivity index (χ0v) is 9.40. The highest BCUT2D eigenvalue weighted by atomic mass is 16.6. The molecular weight excluding hydrogens is 256 g/mol. The van der Waals surface area contributed by atoms with Crippen LogP contribution in [0, 0.1) is 0 Å². The Morgan fingerprint density at radius 1 is 0.842 bits per heavy atom. The van der Waals surface area contributed by atoms with E-state index in [9.17, 15) is 19.2 Å². The first-order valence-corrected chi connectivity index (χ1v) is 4.91. The minimum atomic E-state index is -1.23. The molecule has 0 aliphatic carbocycles. The number of hydrogen-bond donors (Lipinski definition) is 2. The maximum atomic E-state index is 10.5. The maximum absolute atomic E-state index is 10.5. The quantitative estimate of drug-likeness (QED) is 0.596. The zero-order valence-electron chi connectivity index (χ0n) is 9.40. The van der Waals surface area contributed by atoms with Gasteiger partial charge in [-0.1, -0.05) is 12.1 Å². The van der Waals surface area contributed by atoms with Crippen molar-refractivity contribution in [2.45, 2.75) is 0 Å². The van der Waals surface area contributed by atoms with E-state index in [1.165, 1.54) is 24.3 Å². The van der Waals surface area contributed by atoms with Gasteiger partial charge in [0.25, 0.3) is 0 Å². The minimum absolute atomic E-state index is 0.190. The number of carboxylic acid groups (broad SMARTS) is 2. The SMILES string of the molecule is O=C(O)c1ccccc1C(=O)O.O=C1C=CC(=O)O1. The second-order valence-electron chi connectivity index (χ2n) is 3.23. The van der Waals surface area contributed by atoms with Crippen molar-refractivity contribution in [3.05, 3.63) is 47.5 Å². The molecule has 0 atom stereocenters. The molecule has 98 valence electrons. The normalized spacial score (nSPS) is 12.4. The summed E-state index contributed by atoms with van der Waals surface area (Å²) in [6, 6.07) is 5.48. The molecular formula is C12H8O7. The molecule has 2 N–H and O–H groups in total. The average Bonchev–Trinajstić information content (AvgIpc) is 2.73. The average molecular weight is 264 g/mol. The molecule has 0 spiro atoms. The van der Waals surface area contributed by atoms with Crippen LogP contribution in [0.25, 0.3) is 0 Å². The summed E-state index contributed by atoms with van der Waals surface area (Å²) < 4.78 is 3.97. The molecule has 2 rings (SSSR count). The van der Waals surface area contributed by atoms with Crippen LogP contribution >= 0.6 is 0 Å². The molecule has 1 aromatic rings. The monoisotopic (exact) mass is 264 g/mol. The highest BCUT2D eigenvalue weighted by Crippen LogP contribution is 2.07. The molecule has 1 aliphatic rings. The number of aromatic carboxylic acids is 2. The van der Waals surface area contributed by atoms with Gasteiger partial charge >= 0.3 is 23.9 Å². The lowest BCUT2D eigenvalue weighted by atomic mass is 10.1. The smallest absolute Gasteiger partial charge is 0.338 e. The fraction of sp³-hybridized carbons (Fsp3) is 0. The predicted octanol–water partition coefficient (Wildman–Crippen LogP) is 0.709. The number of carbonyl (C=O) groups is 4. The molecule has 0 radical (unpaired) electrons. The Bertz CT molecular complexity index is 522. The second kappa shape index (κ2) is 6.10. The third kappa shape index (κ3) is 4.08. The van der Waals surface area contributed by atoms with Gasteiger partial charge in [0.2, 0.25) is 0 Å². The van der Waals surface area contributed by atoms with E-state index in [1.54, 1.807) is 0 Å². The fourth-order valence-electron chi connectivity index (χ4n) is 1.16. The summed E-state index contributed by atoms with van der Waals surface area (Å²) in [4.78, 5) is 40.8. The minimum Gasteiger partial charge on any atom is -0.478 e. The first-order valence-electron chi connectivity index (χ1n) is 4.91. The molecule has 0 bridgehead atoms. The Kier molecular flexibility index (Phi) is 4.53. The van der Waals surface area contributed by atoms with Gasteiger partial charge in [0, 0.05) is 12.2 Å². The standard InChI is InChI=1S/C8H6O4.C4H2O3/c9-7(10)5-3-1-2-4-6(5)8(11)12;5-3-1-2-4(6)7-3/h1-4H,(H,9,10)(H,11,12);1-2H. The molecule has 19 heavy (non-hydrogen) atoms. The van der Waals surface area contributed by atoms with Gasteiger partial charge in [-0.3, -0.25) is 0 Å². The number of hydrogen-bond acceptors (Lipinski definition) is 5. The maximum Gasteiger partial charge on any atom is 0.338 e. The van der Waals surface area contributed by atoms with E-state index in [1.807, 2.05) is 0 Å². The van der Waals surface area contributed by atoms with Crippen LogP contribution in [0.4, 0.5) is 0 Å². The van der Waals surface area contributed by atoms with Crippen molar-refractivity contribution in [1.29, 1.82) is 0 Å². The molecule has 0 saturated carbocycles. The van der Waals surface area contributed by atoms with Crippen molar-refractivity contribution in [3.8, 4) is 0 Å². The van der Waals surface area contributed by atoms with E-state index in [0.29, 0.717) is 0 Å². The summed E-state index contributed by atoms with van der Waals surface area (Å²) in [5.74, 6) is -3.61. The molecule has 0 unspecified atom stereocenters. The summed E-state index contributed by atoms with van der Waals surface area (Å²) in [7, 11) is 0. The van der Waals surface area contributed by atoms with Gasteiger partial charge in [0.15, 0.2) is 0 Å². The number of carbonyl (C=O) groups excluding carboxylic acids is 2. The van der Waals surface area contributed by atoms with E-state index in [-0.39, 0.29) is 11.1 Å². The summed E-state index contributed by atoms with van der Waals surface area (Å²) in [5, 5.41) is 17.1. The molecule has 1 heterocycles. The Morgan fingerprint density at radius 2 is 1.21 bits per heavy atom. The van der Waals surface area contributed by atoms with Gasteiger partial charge in [0.05, 0.1) is 11.1 Å². The van der Waals surface area contributed by atoms with Crippen LogP contribution < -0.4 is 0 Å². The molecule has 0 fully saturated rings. The van der Waals surface area contributed by atoms with Crippen LogP contribution in [0.1, 0.15) is 20.7 Å². The van der Waals surface area contributed by atoms with E-state index in [4.69, 9.17) is 10.2 Å². The molecule has 1 aromatic carbocycles. The summed E-state index contributed by atoms with van der Waals surface area (Å²) >= 11 is 0. The molecule has 0 amide bonds. The Hall–Kier alpha value is -2.96. The van der Waals surface area contributed by atoms with Crippen molar-refractivity contribution in [2.24, 2.45) is 0 Å². The van der Waals surface area contributed by atoms with Gasteiger partial charge in [-0.15, -0.1) is 0 Å². The first-order chi connectivity index (χ1) is 8.91. The molecule has 1 aliphatic heterocycles. The van der Waals surface area contributed by atoms with E-state index >= 15 is 0 Å². The number of rotatable bonds is 2. The second-order valence-corrected chi connectivity index (χ2v) is 3.23. The molecule has 7 heteroatoms. The number of esters is 2. The summed E-state index contributed by atoms with van der Waals surface area (Å²) in [6.45, 7) is 0. The van der Waals surface area contributed by atoms with Crippen LogP contribution in [-0.2, 0) is 14.3 Å². The van der Waals surface area contributed by atoms with Crippen LogP contribution in [0.15, 0.2) is 36.4 Å². The van der Waals surface area contributed by atoms with Crippen molar-refractivity contribution in [2.75, 3.05) is 0 Å². The first kappa shape index (κ1) is 14.1. The van der Waals surface area contributed by atoms with E-state index in [2.05, 4.69) is 4.74 Å². The molecule has 0 aromatic heterocycles. The van der Waals surface area contributed by atoms with Crippen molar-refractivity contribution in [1.82, 2.24) is 0 Å². The Morgan fingerprint density at radius 3 is 1.42 bits per heavy atom. The summed E-state index contributed by atoms with van der Waals surface area (Å²) in [5.41, 5.74) is -0.380. The molecule has 0 saturated heterocycles. The fourth-order valence-corrected chi connectivity index (χ4v) is 1.16. The van der Waals surface area contributed by atoms with Gasteiger partial charge in [-0.05, 0) is 12.1 Å². The van der Waals surface area contributed by atoms with Crippen molar-refractivity contribution >= 4 is 23.9 Å². The predicted molar refractivity (Wildman–Crippen MR) is 60.6 cm³/mol. The zero-order chi connectivity index (χ0) is 14.4. The Labute approximate surface area is 106 Å². The Balaban J connectivity index is 0.000000218. The lowest BCUT2D eigenvalue weighted by Crippen LogP contribution is -2.06. The van der Waals surface area contributed by atoms with E-state index in [0.717, 1.165) is 12.2 Å². The van der Waals surface area contributed by atoms with Gasteiger partial charge in [-0.2, -0.15) is 0 Å². The van der Waals surface area contributed by atoms with E-state index < -0.39 is 23.9 Å². The van der Waals surface area contributed by atoms with Crippen molar-refractivity contribution < 1.29 is 34.1 Å². The number of ether oxygens (including phenoxy) is 1. The van der Waals surface area contributed by atoms with Gasteiger partial charge in [0.1, 0.15) is 0 Å². The topological polar surface area (TPSA) is 118 Å². The summed E-state index contributed by atoms with van der Waals surface area (Å²) in [6.07, 6.45) is 2.17. The van der Waals surface area contributed by atoms with Crippen LogP contribution in [0.3, 0.4) is 0 Å². The number of cyclic esters (lactones) is 2. The van der Waals surface area contributed by atoms with Crippen LogP contribution in [-0.4, -0.2) is 34.1 Å². The highest BCUT2D eigenvalue weighted by molar-refractivity contribution is 6.05. The van der Waals surface area contributed by atoms with Crippen LogP contribution in [0.5, 0.6) is 0 Å². The third-order valence-corrected chi connectivity index (χ3v) is 1.94. The van der Waals surface area contributed by atoms with Crippen molar-refractivity contribution in [3.63, 3.8) is 0 Å². The van der Waals surface area contributed by atoms with Gasteiger partial charge in [-0.25, -0.2) is 19.2 Å². The largest absolute Gasteiger partial charge is 0.478 e. The highest BCUT2D eigenvalue weighted by Gasteiger charge is 2.13. The lowest BCUT2D eigenvalue weighted by Gasteiger charge is -1.98.